The van der Waals surface area contributed by atoms with Gasteiger partial charge in [0.15, 0.2) is 0 Å². The zero-order valence-electron chi connectivity index (χ0n) is 7.67. The van der Waals surface area contributed by atoms with Gasteiger partial charge in [0.05, 0.1) is 12.2 Å². The zero-order valence-corrected chi connectivity index (χ0v) is 8.49. The molecule has 15 heavy (non-hydrogen) atoms. The molecule has 0 fully saturated rings. The Morgan fingerprint density at radius 3 is 2.93 bits per heavy atom. The lowest BCUT2D eigenvalue weighted by Gasteiger charge is -1.97. The largest absolute Gasteiger partial charge is 0.545 e. The fourth-order valence-corrected chi connectivity index (χ4v) is 1.78. The Morgan fingerprint density at radius 2 is 2.27 bits per heavy atom. The Morgan fingerprint density at radius 1 is 1.40 bits per heavy atom. The molecular weight excluding hydrogens is 212 g/mol. The summed E-state index contributed by atoms with van der Waals surface area (Å²) < 4.78 is 5.02. The number of thiophene rings is 1. The highest BCUT2D eigenvalue weighted by molar-refractivity contribution is 7.10. The Kier molecular flexibility index (Phi) is 2.69. The summed E-state index contributed by atoms with van der Waals surface area (Å²) in [4.78, 5) is 11.7. The molecule has 0 atom stereocenters. The molecule has 0 saturated carbocycles. The van der Waals surface area contributed by atoms with E-state index in [2.05, 4.69) is 0 Å². The van der Waals surface area contributed by atoms with Gasteiger partial charge in [-0.2, -0.15) is 0 Å². The van der Waals surface area contributed by atoms with Crippen LogP contribution in [0.3, 0.4) is 0 Å². The van der Waals surface area contributed by atoms with Gasteiger partial charge in [0, 0.05) is 10.4 Å². The molecule has 0 aromatic carbocycles. The number of carbonyl (C=O) groups excluding carboxylic acids is 1. The lowest BCUT2D eigenvalue weighted by Crippen LogP contribution is -2.22. The number of carbonyl (C=O) groups is 1. The number of carboxylic acid groups (broad SMARTS) is 1. The van der Waals surface area contributed by atoms with Crippen LogP contribution in [0.1, 0.15) is 21.0 Å². The van der Waals surface area contributed by atoms with E-state index in [9.17, 15) is 9.90 Å². The van der Waals surface area contributed by atoms with Gasteiger partial charge in [-0.05, 0) is 29.7 Å². The summed E-state index contributed by atoms with van der Waals surface area (Å²) in [6.07, 6.45) is 4.76. The number of rotatable bonds is 3. The molecule has 0 aliphatic carbocycles. The number of hydrogen-bond donors (Lipinski definition) is 0. The molecule has 2 heterocycles. The molecule has 4 heteroatoms. The highest BCUT2D eigenvalue weighted by Crippen LogP contribution is 2.16. The standard InChI is InChI=1S/C11H8O3S/c12-11(13)9-5-6-14-10(9)4-3-8-2-1-7-15-8/h1-7H,(H,12,13)/p-1. The summed E-state index contributed by atoms with van der Waals surface area (Å²) in [6.45, 7) is 0. The summed E-state index contributed by atoms with van der Waals surface area (Å²) in [5, 5.41) is 12.6. The molecule has 3 nitrogen and oxygen atoms in total. The van der Waals surface area contributed by atoms with Crippen LogP contribution in [-0.4, -0.2) is 5.97 Å². The van der Waals surface area contributed by atoms with E-state index in [1.165, 1.54) is 12.3 Å². The van der Waals surface area contributed by atoms with Crippen molar-refractivity contribution in [2.45, 2.75) is 0 Å². The Balaban J connectivity index is 2.24. The molecule has 0 amide bonds. The van der Waals surface area contributed by atoms with Gasteiger partial charge in [-0.25, -0.2) is 0 Å². The molecule has 0 spiro atoms. The molecule has 0 unspecified atom stereocenters. The first-order valence-electron chi connectivity index (χ1n) is 4.28. The fraction of sp³-hybridized carbons (Fsp3) is 0. The summed E-state index contributed by atoms with van der Waals surface area (Å²) in [7, 11) is 0. The molecule has 0 saturated heterocycles. The first-order chi connectivity index (χ1) is 7.27. The fourth-order valence-electron chi connectivity index (χ4n) is 1.16. The first-order valence-corrected chi connectivity index (χ1v) is 5.16. The lowest BCUT2D eigenvalue weighted by atomic mass is 10.2. The van der Waals surface area contributed by atoms with Crippen LogP contribution in [0, 0.1) is 0 Å². The molecule has 0 aliphatic heterocycles. The van der Waals surface area contributed by atoms with Crippen molar-refractivity contribution in [3.63, 3.8) is 0 Å². The predicted octanol–water partition coefficient (Wildman–Crippen LogP) is 1.87. The topological polar surface area (TPSA) is 53.3 Å². The number of carboxylic acids is 1. The van der Waals surface area contributed by atoms with Crippen LogP contribution in [0.4, 0.5) is 0 Å². The molecule has 2 rings (SSSR count). The van der Waals surface area contributed by atoms with E-state index in [0.717, 1.165) is 4.88 Å². The van der Waals surface area contributed by atoms with Crippen molar-refractivity contribution in [1.82, 2.24) is 0 Å². The summed E-state index contributed by atoms with van der Waals surface area (Å²) >= 11 is 1.57. The Bertz CT molecular complexity index is 480. The van der Waals surface area contributed by atoms with Gasteiger partial charge >= 0.3 is 0 Å². The summed E-state index contributed by atoms with van der Waals surface area (Å²) in [5.74, 6) is -0.919. The van der Waals surface area contributed by atoms with Gasteiger partial charge in [0.25, 0.3) is 0 Å². The maximum absolute atomic E-state index is 10.6. The second-order valence-corrected chi connectivity index (χ2v) is 3.81. The van der Waals surface area contributed by atoms with Crippen molar-refractivity contribution >= 4 is 29.5 Å². The van der Waals surface area contributed by atoms with E-state index >= 15 is 0 Å². The molecule has 0 bridgehead atoms. The maximum atomic E-state index is 10.6. The minimum atomic E-state index is -1.23. The van der Waals surface area contributed by atoms with Crippen molar-refractivity contribution in [1.29, 1.82) is 0 Å². The van der Waals surface area contributed by atoms with Crippen LogP contribution < -0.4 is 5.11 Å². The Labute approximate surface area is 90.3 Å². The van der Waals surface area contributed by atoms with Crippen LogP contribution in [0.5, 0.6) is 0 Å². The third-order valence-corrected chi connectivity index (χ3v) is 2.69. The number of hydrogen-bond acceptors (Lipinski definition) is 4. The van der Waals surface area contributed by atoms with E-state index in [4.69, 9.17) is 4.42 Å². The average molecular weight is 219 g/mol. The summed E-state index contributed by atoms with van der Waals surface area (Å²) in [6, 6.07) is 5.23. The first kappa shape index (κ1) is 9.73. The normalized spacial score (nSPS) is 10.9. The van der Waals surface area contributed by atoms with Crippen molar-refractivity contribution in [3.8, 4) is 0 Å². The second kappa shape index (κ2) is 4.14. The van der Waals surface area contributed by atoms with E-state index < -0.39 is 5.97 Å². The quantitative estimate of drug-likeness (QED) is 0.791. The van der Waals surface area contributed by atoms with E-state index in [0.29, 0.717) is 5.76 Å². The van der Waals surface area contributed by atoms with Crippen LogP contribution in [0.2, 0.25) is 0 Å². The minimum Gasteiger partial charge on any atom is -0.545 e. The molecule has 2 aromatic rings. The monoisotopic (exact) mass is 219 g/mol. The van der Waals surface area contributed by atoms with Gasteiger partial charge in [-0.3, -0.25) is 0 Å². The molecule has 2 aromatic heterocycles. The molecule has 76 valence electrons. The molecule has 0 N–H and O–H groups in total. The van der Waals surface area contributed by atoms with E-state index in [1.54, 1.807) is 23.5 Å². The van der Waals surface area contributed by atoms with Crippen molar-refractivity contribution in [3.05, 3.63) is 46.0 Å². The minimum absolute atomic E-state index is 0.0720. The van der Waals surface area contributed by atoms with E-state index in [-0.39, 0.29) is 5.56 Å². The molecular formula is C11H7O3S-. The highest BCUT2D eigenvalue weighted by atomic mass is 32.1. The third-order valence-electron chi connectivity index (χ3n) is 1.86. The smallest absolute Gasteiger partial charge is 0.135 e. The van der Waals surface area contributed by atoms with Crippen molar-refractivity contribution < 1.29 is 14.3 Å². The highest BCUT2D eigenvalue weighted by Gasteiger charge is 2.03. The van der Waals surface area contributed by atoms with Crippen LogP contribution in [0.25, 0.3) is 12.2 Å². The summed E-state index contributed by atoms with van der Waals surface area (Å²) in [5.41, 5.74) is 0.0720. The lowest BCUT2D eigenvalue weighted by molar-refractivity contribution is -0.255. The maximum Gasteiger partial charge on any atom is 0.135 e. The second-order valence-electron chi connectivity index (χ2n) is 2.83. The zero-order chi connectivity index (χ0) is 10.7. The van der Waals surface area contributed by atoms with Gasteiger partial charge in [-0.1, -0.05) is 6.07 Å². The third kappa shape index (κ3) is 2.16. The molecule has 0 aliphatic rings. The SMILES string of the molecule is O=C([O-])c1ccoc1C=Cc1cccs1. The van der Waals surface area contributed by atoms with Gasteiger partial charge in [0.1, 0.15) is 5.76 Å². The van der Waals surface area contributed by atoms with Crippen LogP contribution >= 0.6 is 11.3 Å². The molecule has 0 radical (unpaired) electrons. The van der Waals surface area contributed by atoms with Gasteiger partial charge < -0.3 is 14.3 Å². The number of aromatic carboxylic acids is 1. The van der Waals surface area contributed by atoms with Crippen LogP contribution in [0.15, 0.2) is 34.3 Å². The van der Waals surface area contributed by atoms with Crippen LogP contribution in [-0.2, 0) is 0 Å². The van der Waals surface area contributed by atoms with E-state index in [1.807, 2.05) is 17.5 Å². The number of furan rings is 1. The Hall–Kier alpha value is -1.81. The van der Waals surface area contributed by atoms with Crippen molar-refractivity contribution in [2.24, 2.45) is 0 Å². The van der Waals surface area contributed by atoms with Crippen molar-refractivity contribution in [2.75, 3.05) is 0 Å². The van der Waals surface area contributed by atoms with Gasteiger partial charge in [-0.15, -0.1) is 11.3 Å². The predicted molar refractivity (Wildman–Crippen MR) is 56.3 cm³/mol. The van der Waals surface area contributed by atoms with Gasteiger partial charge in [0.2, 0.25) is 0 Å². The average Bonchev–Trinajstić information content (AvgIpc) is 2.86.